The summed E-state index contributed by atoms with van der Waals surface area (Å²) in [7, 11) is 5.75. The molecule has 0 aromatic heterocycles. The lowest BCUT2D eigenvalue weighted by Gasteiger charge is -2.38. The smallest absolute Gasteiger partial charge is 0.336 e. The highest BCUT2D eigenvalue weighted by Crippen LogP contribution is 2.49. The lowest BCUT2D eigenvalue weighted by Crippen LogP contribution is -2.43. The van der Waals surface area contributed by atoms with Crippen LogP contribution in [0.2, 0.25) is 0 Å². The summed E-state index contributed by atoms with van der Waals surface area (Å²) in [6.07, 6.45) is 0.431. The molecule has 34 heavy (non-hydrogen) atoms. The molecule has 1 heterocycles. The molecule has 184 valence electrons. The Morgan fingerprint density at radius 2 is 1.65 bits per heavy atom. The van der Waals surface area contributed by atoms with Crippen LogP contribution in [0.15, 0.2) is 34.7 Å². The molecule has 2 aliphatic rings. The van der Waals surface area contributed by atoms with Gasteiger partial charge < -0.3 is 29.0 Å². The minimum absolute atomic E-state index is 0.160. The van der Waals surface area contributed by atoms with E-state index in [1.807, 2.05) is 6.92 Å². The van der Waals surface area contributed by atoms with Crippen LogP contribution in [-0.2, 0) is 23.9 Å². The third-order valence-electron chi connectivity index (χ3n) is 6.29. The highest BCUT2D eigenvalue weighted by atomic mass is 16.5. The van der Waals surface area contributed by atoms with Crippen molar-refractivity contribution in [3.05, 3.63) is 40.2 Å². The van der Waals surface area contributed by atoms with E-state index < -0.39 is 29.6 Å². The molecule has 3 rings (SSSR count). The fourth-order valence-electron chi connectivity index (χ4n) is 4.75. The topological polar surface area (TPSA) is 109 Å². The molecule has 3 atom stereocenters. The van der Waals surface area contributed by atoms with Gasteiger partial charge in [-0.1, -0.05) is 6.92 Å². The van der Waals surface area contributed by atoms with Crippen LogP contribution < -0.4 is 19.5 Å². The Labute approximate surface area is 199 Å². The number of ether oxygens (including phenoxy) is 5. The molecule has 0 amide bonds. The Hall–Kier alpha value is -3.49. The first-order valence-electron chi connectivity index (χ1n) is 11.0. The normalized spacial score (nSPS) is 22.0. The SMILES string of the molecule is CCOC(=O)C1=C(C)NC2=C(C(=O)C(C(=O)OC)C(C)C2)C1c1cc(OC)c(OC)cc1OC. The first-order chi connectivity index (χ1) is 16.2. The van der Waals surface area contributed by atoms with Gasteiger partial charge >= 0.3 is 11.9 Å². The first kappa shape index (κ1) is 25.1. The quantitative estimate of drug-likeness (QED) is 0.472. The standard InChI is InChI=1S/C25H31NO8/c1-8-34-25(29)20-13(3)26-15-9-12(2)19(24(28)33-7)23(27)22(15)21(20)14-10-17(31-5)18(32-6)11-16(14)30-4/h10-12,19,21,26H,8-9H2,1-7H3. The fourth-order valence-corrected chi connectivity index (χ4v) is 4.75. The number of ketones is 1. The van der Waals surface area contributed by atoms with E-state index in [-0.39, 0.29) is 18.1 Å². The van der Waals surface area contributed by atoms with Crippen molar-refractivity contribution in [2.45, 2.75) is 33.1 Å². The van der Waals surface area contributed by atoms with E-state index in [1.54, 1.807) is 26.0 Å². The molecule has 0 spiro atoms. The second-order valence-electron chi connectivity index (χ2n) is 8.21. The zero-order valence-electron chi connectivity index (χ0n) is 20.6. The van der Waals surface area contributed by atoms with Crippen molar-refractivity contribution in [2.75, 3.05) is 35.0 Å². The molecule has 1 aromatic carbocycles. The molecule has 1 aliphatic heterocycles. The number of hydrogen-bond acceptors (Lipinski definition) is 9. The zero-order chi connectivity index (χ0) is 25.2. The van der Waals surface area contributed by atoms with E-state index in [4.69, 9.17) is 23.7 Å². The van der Waals surface area contributed by atoms with Gasteiger partial charge in [-0.15, -0.1) is 0 Å². The monoisotopic (exact) mass is 473 g/mol. The van der Waals surface area contributed by atoms with Gasteiger partial charge in [-0.05, 0) is 32.3 Å². The molecule has 1 aromatic rings. The van der Waals surface area contributed by atoms with Crippen LogP contribution in [0.4, 0.5) is 0 Å². The summed E-state index contributed by atoms with van der Waals surface area (Å²) in [6.45, 7) is 5.46. The Morgan fingerprint density at radius 3 is 2.21 bits per heavy atom. The van der Waals surface area contributed by atoms with Gasteiger partial charge in [-0.2, -0.15) is 0 Å². The van der Waals surface area contributed by atoms with Crippen molar-refractivity contribution >= 4 is 17.7 Å². The Kier molecular flexibility index (Phi) is 7.54. The van der Waals surface area contributed by atoms with Crippen molar-refractivity contribution in [3.8, 4) is 17.2 Å². The summed E-state index contributed by atoms with van der Waals surface area (Å²) in [5.41, 5.74) is 2.31. The second kappa shape index (κ2) is 10.2. The molecule has 1 N–H and O–H groups in total. The number of allylic oxidation sites excluding steroid dienone is 3. The molecular formula is C25H31NO8. The van der Waals surface area contributed by atoms with Gasteiger partial charge in [-0.25, -0.2) is 4.79 Å². The number of esters is 2. The van der Waals surface area contributed by atoms with Gasteiger partial charge in [0, 0.05) is 28.6 Å². The molecular weight excluding hydrogens is 442 g/mol. The van der Waals surface area contributed by atoms with Crippen molar-refractivity contribution in [3.63, 3.8) is 0 Å². The van der Waals surface area contributed by atoms with Crippen LogP contribution in [0.1, 0.15) is 38.7 Å². The van der Waals surface area contributed by atoms with Gasteiger partial charge in [0.05, 0.1) is 46.5 Å². The van der Waals surface area contributed by atoms with Gasteiger partial charge in [0.15, 0.2) is 17.3 Å². The third-order valence-corrected chi connectivity index (χ3v) is 6.29. The van der Waals surface area contributed by atoms with Crippen molar-refractivity contribution < 1.29 is 38.1 Å². The maximum absolute atomic E-state index is 13.8. The number of dihydropyridines is 1. The average molecular weight is 474 g/mol. The van der Waals surface area contributed by atoms with Gasteiger partial charge in [0.2, 0.25) is 0 Å². The molecule has 0 radical (unpaired) electrons. The predicted octanol–water partition coefficient (Wildman–Crippen LogP) is 2.89. The van der Waals surface area contributed by atoms with Crippen LogP contribution in [0.25, 0.3) is 0 Å². The Bertz CT molecular complexity index is 1070. The third kappa shape index (κ3) is 4.22. The number of carbonyl (C=O) groups is 3. The van der Waals surface area contributed by atoms with Crippen LogP contribution in [0.5, 0.6) is 17.2 Å². The Balaban J connectivity index is 2.32. The van der Waals surface area contributed by atoms with Gasteiger partial charge in [-0.3, -0.25) is 9.59 Å². The van der Waals surface area contributed by atoms with E-state index in [9.17, 15) is 14.4 Å². The largest absolute Gasteiger partial charge is 0.496 e. The highest BCUT2D eigenvalue weighted by molar-refractivity contribution is 6.12. The molecule has 0 saturated heterocycles. The zero-order valence-corrected chi connectivity index (χ0v) is 20.6. The molecule has 3 unspecified atom stereocenters. The molecule has 9 heteroatoms. The predicted molar refractivity (Wildman–Crippen MR) is 123 cm³/mol. The fraction of sp³-hybridized carbons (Fsp3) is 0.480. The van der Waals surface area contributed by atoms with Crippen LogP contribution >= 0.6 is 0 Å². The molecule has 0 bridgehead atoms. The number of benzene rings is 1. The number of rotatable bonds is 7. The van der Waals surface area contributed by atoms with Crippen molar-refractivity contribution in [1.82, 2.24) is 5.32 Å². The summed E-state index contributed by atoms with van der Waals surface area (Å²) in [6, 6.07) is 3.32. The highest BCUT2D eigenvalue weighted by Gasteiger charge is 2.48. The number of carbonyl (C=O) groups excluding carboxylic acids is 3. The summed E-state index contributed by atoms with van der Waals surface area (Å²) in [5, 5.41) is 3.22. The van der Waals surface area contributed by atoms with Crippen LogP contribution in [0.3, 0.4) is 0 Å². The van der Waals surface area contributed by atoms with Gasteiger partial charge in [0.25, 0.3) is 0 Å². The van der Waals surface area contributed by atoms with E-state index in [0.717, 1.165) is 0 Å². The number of Topliss-reactive ketones (excluding diaryl/α,β-unsaturated/α-hetero) is 1. The van der Waals surface area contributed by atoms with Crippen molar-refractivity contribution in [2.24, 2.45) is 11.8 Å². The summed E-state index contributed by atoms with van der Waals surface area (Å²) in [4.78, 5) is 39.5. The molecule has 9 nitrogen and oxygen atoms in total. The minimum Gasteiger partial charge on any atom is -0.496 e. The van der Waals surface area contributed by atoms with Crippen molar-refractivity contribution in [1.29, 1.82) is 0 Å². The van der Waals surface area contributed by atoms with Crippen LogP contribution in [-0.4, -0.2) is 52.8 Å². The molecule has 1 aliphatic carbocycles. The van der Waals surface area contributed by atoms with E-state index in [2.05, 4.69) is 5.32 Å². The average Bonchev–Trinajstić information content (AvgIpc) is 2.81. The Morgan fingerprint density at radius 1 is 1.03 bits per heavy atom. The minimum atomic E-state index is -0.985. The number of hydrogen-bond donors (Lipinski definition) is 1. The lowest BCUT2D eigenvalue weighted by atomic mass is 9.69. The summed E-state index contributed by atoms with van der Waals surface area (Å²) in [5.74, 6) is -2.46. The lowest BCUT2D eigenvalue weighted by molar-refractivity contribution is -0.151. The second-order valence-corrected chi connectivity index (χ2v) is 8.21. The van der Waals surface area contributed by atoms with E-state index >= 15 is 0 Å². The summed E-state index contributed by atoms with van der Waals surface area (Å²) >= 11 is 0. The summed E-state index contributed by atoms with van der Waals surface area (Å²) < 4.78 is 26.8. The van der Waals surface area contributed by atoms with E-state index in [0.29, 0.717) is 46.2 Å². The van der Waals surface area contributed by atoms with Gasteiger partial charge in [0.1, 0.15) is 11.7 Å². The maximum atomic E-state index is 13.8. The molecule has 0 saturated carbocycles. The number of nitrogens with one attached hydrogen (secondary N) is 1. The first-order valence-corrected chi connectivity index (χ1v) is 11.0. The van der Waals surface area contributed by atoms with Crippen LogP contribution in [0, 0.1) is 11.8 Å². The number of methoxy groups -OCH3 is 4. The molecule has 0 fully saturated rings. The van der Waals surface area contributed by atoms with E-state index in [1.165, 1.54) is 28.4 Å². The maximum Gasteiger partial charge on any atom is 0.336 e.